The zero-order chi connectivity index (χ0) is 10.8. The molecule has 15 heavy (non-hydrogen) atoms. The van der Waals surface area contributed by atoms with Crippen molar-refractivity contribution in [1.29, 1.82) is 0 Å². The third-order valence-corrected chi connectivity index (χ3v) is 2.22. The topological polar surface area (TPSA) is 38.0 Å². The standard InChI is InChI=1S/C11H11FN2O/c1-8(15)10-6-9(12)2-3-11(10)14-5-4-13-7-14/h2-8,15H,1H3/t8-/m0/s1. The lowest BCUT2D eigenvalue weighted by molar-refractivity contribution is 0.198. The summed E-state index contributed by atoms with van der Waals surface area (Å²) in [6.45, 7) is 1.61. The lowest BCUT2D eigenvalue weighted by Gasteiger charge is -2.12. The Balaban J connectivity index is 2.56. The van der Waals surface area contributed by atoms with Crippen LogP contribution < -0.4 is 0 Å². The molecule has 1 aromatic heterocycles. The largest absolute Gasteiger partial charge is 0.389 e. The zero-order valence-corrected chi connectivity index (χ0v) is 8.26. The molecule has 1 atom stereocenters. The summed E-state index contributed by atoms with van der Waals surface area (Å²) in [5.41, 5.74) is 1.29. The van der Waals surface area contributed by atoms with Crippen LogP contribution in [0.4, 0.5) is 4.39 Å². The Kier molecular flexibility index (Phi) is 2.51. The van der Waals surface area contributed by atoms with Gasteiger partial charge in [-0.05, 0) is 25.1 Å². The first kappa shape index (κ1) is 9.86. The van der Waals surface area contributed by atoms with E-state index in [-0.39, 0.29) is 5.82 Å². The normalized spacial score (nSPS) is 12.7. The van der Waals surface area contributed by atoms with E-state index in [1.807, 2.05) is 0 Å². The maximum absolute atomic E-state index is 13.0. The first-order valence-electron chi connectivity index (χ1n) is 4.64. The molecule has 0 bridgehead atoms. The van der Waals surface area contributed by atoms with E-state index in [1.165, 1.54) is 12.1 Å². The molecular weight excluding hydrogens is 195 g/mol. The predicted octanol–water partition coefficient (Wildman–Crippen LogP) is 2.06. The molecule has 1 aromatic carbocycles. The Morgan fingerprint density at radius 2 is 2.27 bits per heavy atom. The second-order valence-corrected chi connectivity index (χ2v) is 3.35. The number of imidazole rings is 1. The van der Waals surface area contributed by atoms with Gasteiger partial charge in [-0.15, -0.1) is 0 Å². The molecule has 2 aromatic rings. The van der Waals surface area contributed by atoms with Gasteiger partial charge in [0, 0.05) is 18.0 Å². The van der Waals surface area contributed by atoms with Crippen LogP contribution in [0.5, 0.6) is 0 Å². The van der Waals surface area contributed by atoms with Gasteiger partial charge < -0.3 is 9.67 Å². The molecule has 2 rings (SSSR count). The van der Waals surface area contributed by atoms with E-state index in [0.717, 1.165) is 5.69 Å². The van der Waals surface area contributed by atoms with Crippen molar-refractivity contribution in [3.05, 3.63) is 48.3 Å². The van der Waals surface area contributed by atoms with E-state index in [1.54, 1.807) is 36.3 Å². The van der Waals surface area contributed by atoms with Crippen molar-refractivity contribution >= 4 is 0 Å². The Hall–Kier alpha value is -1.68. The van der Waals surface area contributed by atoms with Crippen molar-refractivity contribution in [3.63, 3.8) is 0 Å². The van der Waals surface area contributed by atoms with Crippen molar-refractivity contribution in [2.45, 2.75) is 13.0 Å². The van der Waals surface area contributed by atoms with Crippen LogP contribution in [0.15, 0.2) is 36.9 Å². The predicted molar refractivity (Wildman–Crippen MR) is 54.2 cm³/mol. The van der Waals surface area contributed by atoms with Crippen LogP contribution in [-0.2, 0) is 0 Å². The monoisotopic (exact) mass is 206 g/mol. The van der Waals surface area contributed by atoms with Crippen LogP contribution in [0, 0.1) is 5.82 Å². The lowest BCUT2D eigenvalue weighted by Crippen LogP contribution is -2.01. The fourth-order valence-corrected chi connectivity index (χ4v) is 1.50. The number of nitrogens with zero attached hydrogens (tertiary/aromatic N) is 2. The maximum atomic E-state index is 13.0. The fraction of sp³-hybridized carbons (Fsp3) is 0.182. The van der Waals surface area contributed by atoms with E-state index in [9.17, 15) is 9.50 Å². The van der Waals surface area contributed by atoms with Gasteiger partial charge in [-0.1, -0.05) is 0 Å². The summed E-state index contributed by atoms with van der Waals surface area (Å²) >= 11 is 0. The summed E-state index contributed by atoms with van der Waals surface area (Å²) in [7, 11) is 0. The van der Waals surface area contributed by atoms with Gasteiger partial charge in [-0.2, -0.15) is 0 Å². The molecule has 0 radical (unpaired) electrons. The molecule has 0 fully saturated rings. The third-order valence-electron chi connectivity index (χ3n) is 2.22. The molecule has 0 saturated carbocycles. The van der Waals surface area contributed by atoms with Crippen LogP contribution in [0.25, 0.3) is 5.69 Å². The van der Waals surface area contributed by atoms with Gasteiger partial charge in [0.2, 0.25) is 0 Å². The molecule has 0 aliphatic carbocycles. The van der Waals surface area contributed by atoms with Crippen molar-refractivity contribution < 1.29 is 9.50 Å². The highest BCUT2D eigenvalue weighted by Crippen LogP contribution is 2.22. The van der Waals surface area contributed by atoms with Gasteiger partial charge in [0.15, 0.2) is 0 Å². The summed E-state index contributed by atoms with van der Waals surface area (Å²) in [6, 6.07) is 4.32. The number of hydrogen-bond donors (Lipinski definition) is 1. The number of aliphatic hydroxyl groups excluding tert-OH is 1. The summed E-state index contributed by atoms with van der Waals surface area (Å²) < 4.78 is 14.8. The Labute approximate surface area is 86.8 Å². The van der Waals surface area contributed by atoms with Crippen LogP contribution in [0.1, 0.15) is 18.6 Å². The number of halogens is 1. The lowest BCUT2D eigenvalue weighted by atomic mass is 10.1. The van der Waals surface area contributed by atoms with Gasteiger partial charge in [0.05, 0.1) is 18.1 Å². The molecule has 0 amide bonds. The van der Waals surface area contributed by atoms with Crippen molar-refractivity contribution in [2.24, 2.45) is 0 Å². The van der Waals surface area contributed by atoms with Crippen molar-refractivity contribution in [3.8, 4) is 5.69 Å². The number of rotatable bonds is 2. The molecule has 0 aliphatic rings. The SMILES string of the molecule is C[C@H](O)c1cc(F)ccc1-n1ccnc1. The third kappa shape index (κ3) is 1.89. The second-order valence-electron chi connectivity index (χ2n) is 3.35. The highest BCUT2D eigenvalue weighted by molar-refractivity contribution is 5.42. The van der Waals surface area contributed by atoms with E-state index in [0.29, 0.717) is 5.56 Å². The quantitative estimate of drug-likeness (QED) is 0.816. The molecule has 0 aliphatic heterocycles. The van der Waals surface area contributed by atoms with Gasteiger partial charge >= 0.3 is 0 Å². The molecule has 0 saturated heterocycles. The number of benzene rings is 1. The van der Waals surface area contributed by atoms with Crippen LogP contribution in [0.3, 0.4) is 0 Å². The van der Waals surface area contributed by atoms with E-state index in [2.05, 4.69) is 4.98 Å². The first-order chi connectivity index (χ1) is 7.18. The maximum Gasteiger partial charge on any atom is 0.123 e. The minimum absolute atomic E-state index is 0.352. The summed E-state index contributed by atoms with van der Waals surface area (Å²) in [6.07, 6.45) is 4.28. The minimum Gasteiger partial charge on any atom is -0.389 e. The van der Waals surface area contributed by atoms with Crippen molar-refractivity contribution in [2.75, 3.05) is 0 Å². The second kappa shape index (κ2) is 3.82. The van der Waals surface area contributed by atoms with Gasteiger partial charge in [-0.25, -0.2) is 9.37 Å². The number of aliphatic hydroxyl groups is 1. The number of aromatic nitrogens is 2. The van der Waals surface area contributed by atoms with Crippen LogP contribution in [-0.4, -0.2) is 14.7 Å². The Morgan fingerprint density at radius 3 is 2.87 bits per heavy atom. The molecule has 1 heterocycles. The Morgan fingerprint density at radius 1 is 1.47 bits per heavy atom. The van der Waals surface area contributed by atoms with Crippen molar-refractivity contribution in [1.82, 2.24) is 9.55 Å². The molecule has 0 spiro atoms. The molecular formula is C11H11FN2O. The van der Waals surface area contributed by atoms with Gasteiger partial charge in [0.25, 0.3) is 0 Å². The molecule has 3 nitrogen and oxygen atoms in total. The minimum atomic E-state index is -0.710. The summed E-state index contributed by atoms with van der Waals surface area (Å²) in [4.78, 5) is 3.91. The number of hydrogen-bond acceptors (Lipinski definition) is 2. The highest BCUT2D eigenvalue weighted by Gasteiger charge is 2.10. The van der Waals surface area contributed by atoms with E-state index < -0.39 is 6.10 Å². The van der Waals surface area contributed by atoms with E-state index >= 15 is 0 Å². The smallest absolute Gasteiger partial charge is 0.123 e. The molecule has 0 unspecified atom stereocenters. The zero-order valence-electron chi connectivity index (χ0n) is 8.26. The van der Waals surface area contributed by atoms with E-state index in [4.69, 9.17) is 0 Å². The highest BCUT2D eigenvalue weighted by atomic mass is 19.1. The van der Waals surface area contributed by atoms with Crippen LogP contribution >= 0.6 is 0 Å². The van der Waals surface area contributed by atoms with Gasteiger partial charge in [0.1, 0.15) is 5.82 Å². The van der Waals surface area contributed by atoms with Gasteiger partial charge in [-0.3, -0.25) is 0 Å². The first-order valence-corrected chi connectivity index (χ1v) is 4.64. The molecule has 4 heteroatoms. The summed E-state index contributed by atoms with van der Waals surface area (Å²) in [5, 5.41) is 9.53. The molecule has 1 N–H and O–H groups in total. The molecule has 78 valence electrons. The fourth-order valence-electron chi connectivity index (χ4n) is 1.50. The van der Waals surface area contributed by atoms with Crippen LogP contribution in [0.2, 0.25) is 0 Å². The Bertz CT molecular complexity index is 452. The summed E-state index contributed by atoms with van der Waals surface area (Å²) in [5.74, 6) is -0.352. The average molecular weight is 206 g/mol. The average Bonchev–Trinajstić information content (AvgIpc) is 2.70.